The summed E-state index contributed by atoms with van der Waals surface area (Å²) in [5, 5.41) is 12.0. The Balaban J connectivity index is 1.44. The predicted molar refractivity (Wildman–Crippen MR) is 107 cm³/mol. The molecule has 3 rings (SSSR count). The maximum Gasteiger partial charge on any atom is 0.338 e. The summed E-state index contributed by atoms with van der Waals surface area (Å²) < 4.78 is 17.9. The largest absolute Gasteiger partial charge is 0.508 e. The summed E-state index contributed by atoms with van der Waals surface area (Å²) in [6, 6.07) is 19.6. The summed E-state index contributed by atoms with van der Waals surface area (Å²) in [7, 11) is 0. The molecule has 1 amide bonds. The summed E-state index contributed by atoms with van der Waals surface area (Å²) in [5.74, 6) is -1.11. The minimum absolute atomic E-state index is 0.185. The Hall–Kier alpha value is -3.67. The van der Waals surface area contributed by atoms with E-state index in [2.05, 4.69) is 5.32 Å². The maximum atomic E-state index is 12.8. The van der Waals surface area contributed by atoms with Gasteiger partial charge in [-0.15, -0.1) is 0 Å². The van der Waals surface area contributed by atoms with E-state index in [9.17, 15) is 19.1 Å². The predicted octanol–water partition coefficient (Wildman–Crippen LogP) is 3.71. The molecule has 0 heterocycles. The van der Waals surface area contributed by atoms with Gasteiger partial charge >= 0.3 is 5.97 Å². The third kappa shape index (κ3) is 5.90. The highest BCUT2D eigenvalue weighted by Gasteiger charge is 2.10. The molecule has 0 saturated carbocycles. The Morgan fingerprint density at radius 1 is 0.862 bits per heavy atom. The van der Waals surface area contributed by atoms with Crippen LogP contribution >= 0.6 is 0 Å². The average molecular weight is 393 g/mol. The van der Waals surface area contributed by atoms with Crippen LogP contribution in [0.25, 0.3) is 11.1 Å². The molecule has 3 aromatic rings. The summed E-state index contributed by atoms with van der Waals surface area (Å²) >= 11 is 0. The number of hydrogen-bond donors (Lipinski definition) is 2. The summed E-state index contributed by atoms with van der Waals surface area (Å²) in [6.07, 6.45) is 0.554. The second-order valence-electron chi connectivity index (χ2n) is 6.43. The molecule has 0 bridgehead atoms. The molecule has 0 aromatic heterocycles. The van der Waals surface area contributed by atoms with Crippen LogP contribution in [-0.2, 0) is 16.0 Å². The molecular weight excluding hydrogens is 373 g/mol. The zero-order valence-electron chi connectivity index (χ0n) is 15.6. The van der Waals surface area contributed by atoms with Crippen molar-refractivity contribution in [2.24, 2.45) is 0 Å². The van der Waals surface area contributed by atoms with Gasteiger partial charge in [-0.1, -0.05) is 36.4 Å². The van der Waals surface area contributed by atoms with Crippen molar-refractivity contribution < 1.29 is 23.8 Å². The molecule has 148 valence electrons. The molecule has 0 atom stereocenters. The number of carbonyl (C=O) groups excluding carboxylic acids is 2. The van der Waals surface area contributed by atoms with Crippen molar-refractivity contribution >= 4 is 11.9 Å². The number of benzene rings is 3. The fourth-order valence-electron chi connectivity index (χ4n) is 2.72. The molecule has 0 radical (unpaired) electrons. The van der Waals surface area contributed by atoms with Gasteiger partial charge in [0.25, 0.3) is 5.91 Å². The number of amides is 1. The number of rotatable bonds is 7. The van der Waals surface area contributed by atoms with Crippen LogP contribution in [0.2, 0.25) is 0 Å². The highest BCUT2D eigenvalue weighted by Crippen LogP contribution is 2.22. The van der Waals surface area contributed by atoms with Crippen LogP contribution in [0, 0.1) is 5.82 Å². The van der Waals surface area contributed by atoms with E-state index in [0.717, 1.165) is 16.7 Å². The molecule has 0 fully saturated rings. The second kappa shape index (κ2) is 9.50. The van der Waals surface area contributed by atoms with Crippen molar-refractivity contribution in [3.05, 3.63) is 89.7 Å². The Kier molecular flexibility index (Phi) is 6.58. The molecule has 5 nitrogen and oxygen atoms in total. The summed E-state index contributed by atoms with van der Waals surface area (Å²) in [6.45, 7) is -0.00862. The van der Waals surface area contributed by atoms with Gasteiger partial charge in [-0.05, 0) is 59.5 Å². The molecular formula is C23H20FNO4. The van der Waals surface area contributed by atoms with Crippen molar-refractivity contribution in [1.82, 2.24) is 5.32 Å². The van der Waals surface area contributed by atoms with Crippen LogP contribution in [0.1, 0.15) is 15.9 Å². The minimum atomic E-state index is -0.587. The van der Waals surface area contributed by atoms with Crippen molar-refractivity contribution in [2.45, 2.75) is 6.42 Å². The van der Waals surface area contributed by atoms with Crippen LogP contribution in [0.3, 0.4) is 0 Å². The first kappa shape index (κ1) is 20.1. The lowest BCUT2D eigenvalue weighted by Gasteiger charge is -2.08. The van der Waals surface area contributed by atoms with Gasteiger partial charge in [0, 0.05) is 6.54 Å². The van der Waals surface area contributed by atoms with Gasteiger partial charge in [0.1, 0.15) is 11.6 Å². The molecule has 0 aliphatic carbocycles. The normalized spacial score (nSPS) is 10.4. The lowest BCUT2D eigenvalue weighted by Crippen LogP contribution is -2.30. The van der Waals surface area contributed by atoms with Gasteiger partial charge in [0.15, 0.2) is 6.61 Å². The van der Waals surface area contributed by atoms with Crippen LogP contribution < -0.4 is 5.32 Å². The number of carbonyl (C=O) groups is 2. The topological polar surface area (TPSA) is 75.6 Å². The number of aromatic hydroxyl groups is 1. The van der Waals surface area contributed by atoms with Crippen LogP contribution in [0.15, 0.2) is 72.8 Å². The zero-order chi connectivity index (χ0) is 20.6. The maximum absolute atomic E-state index is 12.8. The second-order valence-corrected chi connectivity index (χ2v) is 6.43. The number of halogens is 1. The Morgan fingerprint density at radius 3 is 2.07 bits per heavy atom. The van der Waals surface area contributed by atoms with Gasteiger partial charge in [0.2, 0.25) is 0 Å². The third-order valence-corrected chi connectivity index (χ3v) is 4.30. The molecule has 0 spiro atoms. The van der Waals surface area contributed by atoms with Crippen LogP contribution in [-0.4, -0.2) is 30.1 Å². The molecule has 0 unspecified atom stereocenters. The van der Waals surface area contributed by atoms with E-state index in [0.29, 0.717) is 18.5 Å². The van der Waals surface area contributed by atoms with E-state index in [1.54, 1.807) is 60.7 Å². The van der Waals surface area contributed by atoms with E-state index in [4.69, 9.17) is 4.74 Å². The first-order valence-corrected chi connectivity index (χ1v) is 9.09. The lowest BCUT2D eigenvalue weighted by molar-refractivity contribution is -0.124. The molecule has 6 heteroatoms. The molecule has 3 aromatic carbocycles. The van der Waals surface area contributed by atoms with Gasteiger partial charge < -0.3 is 15.2 Å². The molecule has 29 heavy (non-hydrogen) atoms. The Morgan fingerprint density at radius 2 is 1.45 bits per heavy atom. The van der Waals surface area contributed by atoms with Crippen molar-refractivity contribution in [3.63, 3.8) is 0 Å². The number of phenolic OH excluding ortho intramolecular Hbond substituents is 1. The smallest absolute Gasteiger partial charge is 0.338 e. The Labute approximate surface area is 167 Å². The van der Waals surface area contributed by atoms with E-state index < -0.39 is 11.9 Å². The average Bonchev–Trinajstić information content (AvgIpc) is 2.74. The third-order valence-electron chi connectivity index (χ3n) is 4.30. The van der Waals surface area contributed by atoms with Crippen molar-refractivity contribution in [1.29, 1.82) is 0 Å². The first-order chi connectivity index (χ1) is 14.0. The van der Waals surface area contributed by atoms with Crippen molar-refractivity contribution in [3.8, 4) is 16.9 Å². The highest BCUT2D eigenvalue weighted by molar-refractivity contribution is 5.91. The number of phenols is 1. The van der Waals surface area contributed by atoms with Gasteiger partial charge in [-0.3, -0.25) is 4.79 Å². The Bertz CT molecular complexity index is 967. The fourth-order valence-corrected chi connectivity index (χ4v) is 2.72. The van der Waals surface area contributed by atoms with E-state index in [1.807, 2.05) is 0 Å². The first-order valence-electron chi connectivity index (χ1n) is 9.09. The monoisotopic (exact) mass is 393 g/mol. The highest BCUT2D eigenvalue weighted by atomic mass is 19.1. The number of ether oxygens (including phenoxy) is 1. The van der Waals surface area contributed by atoms with Crippen LogP contribution in [0.5, 0.6) is 5.75 Å². The lowest BCUT2D eigenvalue weighted by atomic mass is 10.0. The summed E-state index contributed by atoms with van der Waals surface area (Å²) in [4.78, 5) is 23.9. The van der Waals surface area contributed by atoms with Crippen molar-refractivity contribution in [2.75, 3.05) is 13.2 Å². The molecule has 0 aliphatic rings. The molecule has 0 aliphatic heterocycles. The number of hydrogen-bond acceptors (Lipinski definition) is 4. The van der Waals surface area contributed by atoms with Gasteiger partial charge in [-0.2, -0.15) is 0 Å². The number of nitrogens with one attached hydrogen (secondary N) is 1. The minimum Gasteiger partial charge on any atom is -0.508 e. The van der Waals surface area contributed by atoms with Gasteiger partial charge in [0.05, 0.1) is 5.56 Å². The van der Waals surface area contributed by atoms with E-state index >= 15 is 0 Å². The SMILES string of the molecule is O=C(COC(=O)c1ccc(-c2ccc(O)cc2)cc1)NCCc1ccc(F)cc1. The summed E-state index contributed by atoms with van der Waals surface area (Å²) in [5.41, 5.74) is 3.03. The van der Waals surface area contributed by atoms with E-state index in [1.165, 1.54) is 12.1 Å². The standard InChI is InChI=1S/C23H20FNO4/c24-20-9-1-16(2-10-20)13-14-25-22(27)15-29-23(28)19-5-3-17(4-6-19)18-7-11-21(26)12-8-18/h1-12,26H,13-15H2,(H,25,27). The van der Waals surface area contributed by atoms with Crippen LogP contribution in [0.4, 0.5) is 4.39 Å². The number of esters is 1. The fraction of sp³-hybridized carbons (Fsp3) is 0.130. The molecule has 2 N–H and O–H groups in total. The quantitative estimate of drug-likeness (QED) is 0.600. The molecule has 0 saturated heterocycles. The zero-order valence-corrected chi connectivity index (χ0v) is 15.6. The van der Waals surface area contributed by atoms with Gasteiger partial charge in [-0.25, -0.2) is 9.18 Å². The van der Waals surface area contributed by atoms with E-state index in [-0.39, 0.29) is 18.2 Å².